The van der Waals surface area contributed by atoms with Crippen molar-refractivity contribution in [1.29, 1.82) is 0 Å². The number of hydrogen-bond donors (Lipinski definition) is 2. The van der Waals surface area contributed by atoms with Crippen molar-refractivity contribution in [3.05, 3.63) is 60.2 Å². The van der Waals surface area contributed by atoms with E-state index in [0.717, 1.165) is 16.1 Å². The molecule has 2 aromatic carbocycles. The minimum atomic E-state index is -1.02. The van der Waals surface area contributed by atoms with Crippen LogP contribution >= 0.6 is 11.8 Å². The van der Waals surface area contributed by atoms with Crippen LogP contribution in [0.5, 0.6) is 0 Å². The Bertz CT molecular complexity index is 933. The third-order valence-electron chi connectivity index (χ3n) is 5.21. The number of carbonyl (C=O) groups is 3. The number of para-hydroxylation sites is 1. The summed E-state index contributed by atoms with van der Waals surface area (Å²) in [7, 11) is 0. The number of benzene rings is 2. The largest absolute Gasteiger partial charge is 0.481 e. The first-order valence-corrected chi connectivity index (χ1v) is 9.99. The van der Waals surface area contributed by atoms with E-state index in [-0.39, 0.29) is 18.4 Å². The van der Waals surface area contributed by atoms with Crippen molar-refractivity contribution < 1.29 is 19.5 Å². The number of thioether (sulfide) groups is 1. The quantitative estimate of drug-likeness (QED) is 0.784. The summed E-state index contributed by atoms with van der Waals surface area (Å²) in [6.45, 7) is 0.0176. The molecule has 7 heteroatoms. The maximum atomic E-state index is 13.1. The first-order valence-electron chi connectivity index (χ1n) is 9.17. The van der Waals surface area contributed by atoms with Crippen molar-refractivity contribution in [3.63, 3.8) is 0 Å². The first kappa shape index (κ1) is 18.6. The van der Waals surface area contributed by atoms with E-state index in [1.54, 1.807) is 4.90 Å². The van der Waals surface area contributed by atoms with Gasteiger partial charge in [-0.25, -0.2) is 0 Å². The van der Waals surface area contributed by atoms with E-state index in [1.807, 2.05) is 54.6 Å². The standard InChI is InChI=1S/C21H20N2O4S/c24-18-10-11-21(23(18)16-8-4-5-9-17(16)28-21)20(27)22-13-15(19(25)26)12-14-6-2-1-3-7-14/h1-9,15H,10-13H2,(H,22,27)(H,25,26). The lowest BCUT2D eigenvalue weighted by molar-refractivity contribution is -0.141. The smallest absolute Gasteiger partial charge is 0.308 e. The number of nitrogens with one attached hydrogen (secondary N) is 1. The van der Waals surface area contributed by atoms with Crippen LogP contribution in [0.25, 0.3) is 0 Å². The summed E-state index contributed by atoms with van der Waals surface area (Å²) in [5, 5.41) is 12.4. The second kappa shape index (κ2) is 7.31. The summed E-state index contributed by atoms with van der Waals surface area (Å²) in [6, 6.07) is 16.8. The van der Waals surface area contributed by atoms with Gasteiger partial charge in [0.25, 0.3) is 5.91 Å². The van der Waals surface area contributed by atoms with Crippen LogP contribution in [0.2, 0.25) is 0 Å². The SMILES string of the molecule is O=C(O)C(CNC(=O)C12CCC(=O)N1c1ccccc1S2)Cc1ccccc1. The lowest BCUT2D eigenvalue weighted by atomic mass is 9.99. The maximum Gasteiger partial charge on any atom is 0.308 e. The number of rotatable bonds is 6. The molecule has 2 aromatic rings. The number of fused-ring (bicyclic) bond motifs is 3. The van der Waals surface area contributed by atoms with E-state index in [0.29, 0.717) is 19.3 Å². The van der Waals surface area contributed by atoms with Crippen LogP contribution in [-0.2, 0) is 20.8 Å². The monoisotopic (exact) mass is 396 g/mol. The number of carboxylic acid groups (broad SMARTS) is 1. The Hall–Kier alpha value is -2.80. The van der Waals surface area contributed by atoms with Gasteiger partial charge in [0.2, 0.25) is 5.91 Å². The zero-order valence-electron chi connectivity index (χ0n) is 15.1. The predicted molar refractivity (Wildman–Crippen MR) is 106 cm³/mol. The van der Waals surface area contributed by atoms with Gasteiger partial charge in [-0.2, -0.15) is 0 Å². The Morgan fingerprint density at radius 3 is 2.61 bits per heavy atom. The molecule has 6 nitrogen and oxygen atoms in total. The lowest BCUT2D eigenvalue weighted by Gasteiger charge is -2.30. The number of nitrogens with zero attached hydrogens (tertiary/aromatic N) is 1. The average molecular weight is 396 g/mol. The van der Waals surface area contributed by atoms with E-state index in [2.05, 4.69) is 5.32 Å². The predicted octanol–water partition coefficient (Wildman–Crippen LogP) is 2.68. The van der Waals surface area contributed by atoms with Crippen LogP contribution in [0, 0.1) is 5.92 Å². The number of amides is 2. The van der Waals surface area contributed by atoms with Gasteiger partial charge in [-0.05, 0) is 30.5 Å². The molecule has 0 aromatic heterocycles. The van der Waals surface area contributed by atoms with E-state index >= 15 is 0 Å². The van der Waals surface area contributed by atoms with Gasteiger partial charge in [-0.15, -0.1) is 0 Å². The van der Waals surface area contributed by atoms with Gasteiger partial charge in [0.05, 0.1) is 11.6 Å². The summed E-state index contributed by atoms with van der Waals surface area (Å²) in [4.78, 5) is 38.7. The molecule has 2 unspecified atom stereocenters. The molecular weight excluding hydrogens is 376 g/mol. The molecule has 0 saturated carbocycles. The van der Waals surface area contributed by atoms with Crippen molar-refractivity contribution in [2.75, 3.05) is 11.4 Å². The minimum Gasteiger partial charge on any atom is -0.481 e. The molecule has 28 heavy (non-hydrogen) atoms. The molecule has 0 radical (unpaired) electrons. The van der Waals surface area contributed by atoms with Crippen molar-refractivity contribution in [2.24, 2.45) is 5.92 Å². The van der Waals surface area contributed by atoms with Crippen LogP contribution in [0.15, 0.2) is 59.5 Å². The highest BCUT2D eigenvalue weighted by atomic mass is 32.2. The second-order valence-corrected chi connectivity index (χ2v) is 8.34. The highest BCUT2D eigenvalue weighted by Gasteiger charge is 2.57. The summed E-state index contributed by atoms with van der Waals surface area (Å²) in [5.74, 6) is -2.07. The zero-order chi connectivity index (χ0) is 19.7. The van der Waals surface area contributed by atoms with Crippen molar-refractivity contribution in [1.82, 2.24) is 5.32 Å². The first-order chi connectivity index (χ1) is 13.5. The molecule has 2 aliphatic rings. The van der Waals surface area contributed by atoms with Gasteiger partial charge in [0.1, 0.15) is 0 Å². The highest BCUT2D eigenvalue weighted by Crippen LogP contribution is 2.55. The molecule has 2 N–H and O–H groups in total. The molecule has 0 spiro atoms. The molecule has 0 aliphatic carbocycles. The molecule has 2 atom stereocenters. The normalized spacial score (nSPS) is 21.1. The van der Waals surface area contributed by atoms with Crippen molar-refractivity contribution >= 4 is 35.2 Å². The Kier molecular flexibility index (Phi) is 4.85. The van der Waals surface area contributed by atoms with Gasteiger partial charge >= 0.3 is 5.97 Å². The molecule has 0 bridgehead atoms. The fourth-order valence-electron chi connectivity index (χ4n) is 3.80. The topological polar surface area (TPSA) is 86.7 Å². The Morgan fingerprint density at radius 2 is 1.86 bits per heavy atom. The van der Waals surface area contributed by atoms with E-state index in [4.69, 9.17) is 0 Å². The van der Waals surface area contributed by atoms with E-state index in [1.165, 1.54) is 11.8 Å². The van der Waals surface area contributed by atoms with Gasteiger partial charge < -0.3 is 10.4 Å². The third-order valence-corrected chi connectivity index (χ3v) is 6.69. The lowest BCUT2D eigenvalue weighted by Crippen LogP contribution is -2.53. The second-order valence-electron chi connectivity index (χ2n) is 7.02. The molecule has 1 saturated heterocycles. The van der Waals surface area contributed by atoms with Crippen LogP contribution < -0.4 is 10.2 Å². The number of anilines is 1. The Labute approximate surface area is 166 Å². The number of aliphatic carboxylic acids is 1. The minimum absolute atomic E-state index is 0.0176. The Balaban J connectivity index is 1.50. The van der Waals surface area contributed by atoms with Gasteiger partial charge in [-0.3, -0.25) is 19.3 Å². The Morgan fingerprint density at radius 1 is 1.14 bits per heavy atom. The third kappa shape index (κ3) is 3.16. The zero-order valence-corrected chi connectivity index (χ0v) is 15.9. The number of hydrogen-bond acceptors (Lipinski definition) is 4. The summed E-state index contributed by atoms with van der Waals surface area (Å²) < 4.78 is 0. The molecule has 144 valence electrons. The molecule has 2 amide bonds. The van der Waals surface area contributed by atoms with Gasteiger partial charge in [0.15, 0.2) is 4.87 Å². The van der Waals surface area contributed by atoms with E-state index < -0.39 is 16.8 Å². The van der Waals surface area contributed by atoms with Crippen LogP contribution in [-0.4, -0.2) is 34.3 Å². The fraction of sp³-hybridized carbons (Fsp3) is 0.286. The summed E-state index contributed by atoms with van der Waals surface area (Å²) in [6.07, 6.45) is 1.05. The summed E-state index contributed by atoms with van der Waals surface area (Å²) in [5.41, 5.74) is 1.66. The highest BCUT2D eigenvalue weighted by molar-refractivity contribution is 8.02. The average Bonchev–Trinajstić information content (AvgIpc) is 3.21. The maximum absolute atomic E-state index is 13.1. The van der Waals surface area contributed by atoms with Crippen LogP contribution in [0.4, 0.5) is 5.69 Å². The molecule has 1 fully saturated rings. The molecule has 2 heterocycles. The molecular formula is C21H20N2O4S. The number of carbonyl (C=O) groups excluding carboxylic acids is 2. The van der Waals surface area contributed by atoms with Crippen LogP contribution in [0.1, 0.15) is 18.4 Å². The summed E-state index contributed by atoms with van der Waals surface area (Å²) >= 11 is 1.38. The van der Waals surface area contributed by atoms with Crippen LogP contribution in [0.3, 0.4) is 0 Å². The molecule has 2 aliphatic heterocycles. The van der Waals surface area contributed by atoms with E-state index in [9.17, 15) is 19.5 Å². The van der Waals surface area contributed by atoms with Crippen molar-refractivity contribution in [2.45, 2.75) is 29.0 Å². The van der Waals surface area contributed by atoms with Gasteiger partial charge in [0, 0.05) is 17.9 Å². The van der Waals surface area contributed by atoms with Crippen molar-refractivity contribution in [3.8, 4) is 0 Å². The molecule has 4 rings (SSSR count). The fourth-order valence-corrected chi connectivity index (χ4v) is 5.23. The number of carboxylic acids is 1. The van der Waals surface area contributed by atoms with Gasteiger partial charge in [-0.1, -0.05) is 54.2 Å².